The van der Waals surface area contributed by atoms with Gasteiger partial charge in [0.05, 0.1) is 9.65 Å². The van der Waals surface area contributed by atoms with E-state index in [9.17, 15) is 4.79 Å². The van der Waals surface area contributed by atoms with Crippen molar-refractivity contribution in [3.63, 3.8) is 0 Å². The minimum atomic E-state index is 0.0486. The van der Waals surface area contributed by atoms with Crippen LogP contribution < -0.4 is 0 Å². The first-order valence-electron chi connectivity index (χ1n) is 12.9. The smallest absolute Gasteiger partial charge is 0.160 e. The zero-order valence-electron chi connectivity index (χ0n) is 19.9. The molecule has 0 saturated heterocycles. The van der Waals surface area contributed by atoms with E-state index in [-0.39, 0.29) is 9.65 Å². The zero-order chi connectivity index (χ0) is 21.8. The molecule has 30 heavy (non-hydrogen) atoms. The molecule has 0 spiro atoms. The lowest BCUT2D eigenvalue weighted by Crippen LogP contribution is -2.58. The number of hydrogen-bond donors (Lipinski definition) is 0. The monoisotopic (exact) mass is 542 g/mol. The van der Waals surface area contributed by atoms with Crippen LogP contribution in [0.5, 0.6) is 0 Å². The molecule has 0 heterocycles. The van der Waals surface area contributed by atoms with Gasteiger partial charge in [0.2, 0.25) is 0 Å². The molecule has 4 aliphatic carbocycles. The number of carbonyl (C=O) groups is 1. The van der Waals surface area contributed by atoms with E-state index >= 15 is 0 Å². The van der Waals surface area contributed by atoms with Gasteiger partial charge in [0.15, 0.2) is 5.78 Å². The van der Waals surface area contributed by atoms with Crippen LogP contribution in [-0.4, -0.2) is 15.4 Å². The van der Waals surface area contributed by atoms with E-state index in [1.165, 1.54) is 57.8 Å². The molecule has 1 nitrogen and oxygen atoms in total. The summed E-state index contributed by atoms with van der Waals surface area (Å²) in [4.78, 5) is 12.8. The molecule has 4 rings (SSSR count). The Kier molecular flexibility index (Phi) is 6.95. The third-order valence-corrected chi connectivity index (χ3v) is 12.6. The lowest BCUT2D eigenvalue weighted by Gasteiger charge is -2.61. The summed E-state index contributed by atoms with van der Waals surface area (Å²) in [6.45, 7) is 12.5. The second-order valence-electron chi connectivity index (χ2n) is 12.6. The predicted molar refractivity (Wildman–Crippen MR) is 134 cm³/mol. The molecule has 0 aliphatic heterocycles. The van der Waals surface area contributed by atoms with Crippen LogP contribution in [0.2, 0.25) is 0 Å². The highest BCUT2D eigenvalue weighted by Gasteiger charge is 2.62. The van der Waals surface area contributed by atoms with E-state index < -0.39 is 0 Å². The average molecular weight is 544 g/mol. The van der Waals surface area contributed by atoms with Gasteiger partial charge in [0, 0.05) is 0 Å². The van der Waals surface area contributed by atoms with E-state index in [1.54, 1.807) is 0 Å². The standard InChI is InChI=1S/C27H44Br2O/c1-16(2)7-6-8-17(3)19-11-12-20-18-9-10-22-24(29)25(30)23(28)15-27(22,5)21(18)13-14-26(19,20)4/h16-24H,6-15H2,1-5H3. The summed E-state index contributed by atoms with van der Waals surface area (Å²) in [6, 6.07) is 0. The summed E-state index contributed by atoms with van der Waals surface area (Å²) in [5, 5.41) is 0. The molecule has 0 aromatic carbocycles. The first-order valence-corrected chi connectivity index (χ1v) is 14.7. The maximum Gasteiger partial charge on any atom is 0.160 e. The number of fused-ring (bicyclic) bond motifs is 5. The highest BCUT2D eigenvalue weighted by molar-refractivity contribution is 9.10. The Labute approximate surface area is 202 Å². The van der Waals surface area contributed by atoms with E-state index in [1.807, 2.05) is 0 Å². The largest absolute Gasteiger partial charge is 0.297 e. The fourth-order valence-corrected chi connectivity index (χ4v) is 11.7. The number of hydrogen-bond acceptors (Lipinski definition) is 1. The van der Waals surface area contributed by atoms with Crippen LogP contribution >= 0.6 is 31.9 Å². The number of rotatable bonds is 5. The Hall–Kier alpha value is 0.630. The maximum atomic E-state index is 12.7. The van der Waals surface area contributed by atoms with Crippen molar-refractivity contribution < 1.29 is 4.79 Å². The summed E-state index contributed by atoms with van der Waals surface area (Å²) in [5.74, 6) is 6.23. The fourth-order valence-electron chi connectivity index (χ4n) is 9.15. The number of Topliss-reactive ketones (excluding diaryl/α,β-unsaturated/α-hetero) is 1. The Bertz CT molecular complexity index is 647. The van der Waals surface area contributed by atoms with Crippen LogP contribution in [0.1, 0.15) is 98.8 Å². The van der Waals surface area contributed by atoms with E-state index in [4.69, 9.17) is 0 Å². The average Bonchev–Trinajstić information content (AvgIpc) is 3.03. The van der Waals surface area contributed by atoms with Crippen LogP contribution in [0.25, 0.3) is 0 Å². The molecule has 0 aromatic heterocycles. The van der Waals surface area contributed by atoms with Gasteiger partial charge in [-0.05, 0) is 97.2 Å². The van der Waals surface area contributed by atoms with Gasteiger partial charge in [-0.3, -0.25) is 4.79 Å². The third kappa shape index (κ3) is 3.82. The molecule has 10 atom stereocenters. The van der Waals surface area contributed by atoms with Crippen molar-refractivity contribution in [2.45, 2.75) is 108 Å². The van der Waals surface area contributed by atoms with Gasteiger partial charge in [-0.2, -0.15) is 0 Å². The fraction of sp³-hybridized carbons (Fsp3) is 0.963. The summed E-state index contributed by atoms with van der Waals surface area (Å²) >= 11 is 7.60. The van der Waals surface area contributed by atoms with Crippen LogP contribution in [0.3, 0.4) is 0 Å². The lowest BCUT2D eigenvalue weighted by atomic mass is 9.44. The van der Waals surface area contributed by atoms with E-state index in [2.05, 4.69) is 66.5 Å². The van der Waals surface area contributed by atoms with Crippen LogP contribution in [0.15, 0.2) is 0 Å². The Balaban J connectivity index is 1.50. The van der Waals surface area contributed by atoms with Crippen LogP contribution in [0.4, 0.5) is 0 Å². The first kappa shape index (κ1) is 23.8. The van der Waals surface area contributed by atoms with Gasteiger partial charge in [-0.1, -0.05) is 85.7 Å². The molecule has 0 amide bonds. The van der Waals surface area contributed by atoms with Gasteiger partial charge in [0.1, 0.15) is 0 Å². The van der Waals surface area contributed by atoms with Crippen LogP contribution in [0, 0.1) is 52.3 Å². The topological polar surface area (TPSA) is 17.1 Å². The van der Waals surface area contributed by atoms with Gasteiger partial charge in [-0.25, -0.2) is 0 Å². The molecule has 3 heteroatoms. The molecule has 10 unspecified atom stereocenters. The third-order valence-electron chi connectivity index (χ3n) is 10.7. The second-order valence-corrected chi connectivity index (χ2v) is 14.7. The van der Waals surface area contributed by atoms with Gasteiger partial charge < -0.3 is 0 Å². The van der Waals surface area contributed by atoms with Crippen molar-refractivity contribution in [2.75, 3.05) is 0 Å². The van der Waals surface area contributed by atoms with Crippen molar-refractivity contribution in [3.8, 4) is 0 Å². The molecule has 0 aromatic rings. The van der Waals surface area contributed by atoms with Gasteiger partial charge in [-0.15, -0.1) is 0 Å². The minimum absolute atomic E-state index is 0.0486. The number of carbonyl (C=O) groups excluding carboxylic acids is 1. The molecule has 0 bridgehead atoms. The minimum Gasteiger partial charge on any atom is -0.297 e. The summed E-state index contributed by atoms with van der Waals surface area (Å²) < 4.78 is 0. The highest BCUT2D eigenvalue weighted by atomic mass is 79.9. The molecule has 4 fully saturated rings. The summed E-state index contributed by atoms with van der Waals surface area (Å²) in [6.07, 6.45) is 13.6. The summed E-state index contributed by atoms with van der Waals surface area (Å²) in [5.41, 5.74) is 0.884. The Morgan fingerprint density at radius 1 is 0.900 bits per heavy atom. The number of ketones is 1. The number of alkyl halides is 2. The molecule has 4 aliphatic rings. The van der Waals surface area contributed by atoms with Crippen LogP contribution in [-0.2, 0) is 4.79 Å². The summed E-state index contributed by atoms with van der Waals surface area (Å²) in [7, 11) is 0. The predicted octanol–water partition coefficient (Wildman–Crippen LogP) is 8.42. The van der Waals surface area contributed by atoms with Crippen molar-refractivity contribution in [1.82, 2.24) is 0 Å². The van der Waals surface area contributed by atoms with Gasteiger partial charge >= 0.3 is 0 Å². The maximum absolute atomic E-state index is 12.7. The second kappa shape index (κ2) is 8.77. The first-order chi connectivity index (χ1) is 14.1. The van der Waals surface area contributed by atoms with Crippen molar-refractivity contribution in [2.24, 2.45) is 52.3 Å². The molecule has 0 radical (unpaired) electrons. The molecular formula is C27H44Br2O. The van der Waals surface area contributed by atoms with E-state index in [0.717, 1.165) is 41.9 Å². The molecule has 0 N–H and O–H groups in total. The normalized spacial score (nSPS) is 49.5. The van der Waals surface area contributed by atoms with E-state index in [0.29, 0.717) is 22.5 Å². The Morgan fingerprint density at radius 2 is 1.57 bits per heavy atom. The molecular weight excluding hydrogens is 500 g/mol. The number of halogens is 2. The lowest BCUT2D eigenvalue weighted by molar-refractivity contribution is -0.137. The van der Waals surface area contributed by atoms with Crippen molar-refractivity contribution >= 4 is 37.6 Å². The quantitative estimate of drug-likeness (QED) is 0.318. The van der Waals surface area contributed by atoms with Crippen molar-refractivity contribution in [3.05, 3.63) is 0 Å². The van der Waals surface area contributed by atoms with Gasteiger partial charge in [0.25, 0.3) is 0 Å². The SMILES string of the molecule is CC(C)CCCC(C)C1CCC2C3CCC4C(Br)C(=O)C(Br)CC4(C)C3CCC12C. The van der Waals surface area contributed by atoms with Crippen molar-refractivity contribution in [1.29, 1.82) is 0 Å². The zero-order valence-corrected chi connectivity index (χ0v) is 23.1. The molecule has 172 valence electrons. The molecule has 4 saturated carbocycles. The highest BCUT2D eigenvalue weighted by Crippen LogP contribution is 2.68. The Morgan fingerprint density at radius 3 is 2.27 bits per heavy atom.